The topological polar surface area (TPSA) is 95.2 Å². The summed E-state index contributed by atoms with van der Waals surface area (Å²) in [5.41, 5.74) is 4.97. The van der Waals surface area contributed by atoms with E-state index >= 15 is 0 Å². The first-order valence-corrected chi connectivity index (χ1v) is 9.75. The van der Waals surface area contributed by atoms with Crippen LogP contribution in [0.4, 0.5) is 16.2 Å². The van der Waals surface area contributed by atoms with E-state index in [0.717, 1.165) is 22.4 Å². The highest BCUT2D eigenvalue weighted by molar-refractivity contribution is 6.00. The molecule has 3 aromatic rings. The van der Waals surface area contributed by atoms with E-state index in [1.54, 1.807) is 19.4 Å². The zero-order chi connectivity index (χ0) is 21.3. The lowest BCUT2D eigenvalue weighted by molar-refractivity contribution is 0.0964. The average Bonchev–Trinajstić information content (AvgIpc) is 2.78. The van der Waals surface area contributed by atoms with Crippen LogP contribution in [0, 0.1) is 0 Å². The number of pyridine rings is 1. The number of rotatable bonds is 7. The quantitative estimate of drug-likeness (QED) is 0.482. The van der Waals surface area contributed by atoms with Gasteiger partial charge in [0, 0.05) is 43.9 Å². The van der Waals surface area contributed by atoms with Gasteiger partial charge in [-0.25, -0.2) is 4.79 Å². The van der Waals surface area contributed by atoms with Crippen LogP contribution in [-0.2, 0) is 6.54 Å². The van der Waals surface area contributed by atoms with Crippen molar-refractivity contribution in [2.45, 2.75) is 13.5 Å². The van der Waals surface area contributed by atoms with Crippen LogP contribution in [0.25, 0.3) is 11.1 Å². The summed E-state index contributed by atoms with van der Waals surface area (Å²) in [4.78, 5) is 28.2. The molecular formula is C23H25N5O2. The molecule has 7 heteroatoms. The van der Waals surface area contributed by atoms with Crippen molar-refractivity contribution in [3.8, 4) is 11.1 Å². The SMILES string of the molecule is CCNc1cc(-c2ccc(NC(=O)NCc3cccnc3)cc2)ccc1C(=O)NC. The van der Waals surface area contributed by atoms with Crippen LogP contribution < -0.4 is 21.3 Å². The number of nitrogens with zero attached hydrogens (tertiary/aromatic N) is 1. The highest BCUT2D eigenvalue weighted by Gasteiger charge is 2.11. The van der Waals surface area contributed by atoms with Crippen molar-refractivity contribution >= 4 is 23.3 Å². The number of anilines is 2. The molecule has 0 atom stereocenters. The van der Waals surface area contributed by atoms with Gasteiger partial charge in [-0.15, -0.1) is 0 Å². The van der Waals surface area contributed by atoms with Gasteiger partial charge < -0.3 is 21.3 Å². The second-order valence-corrected chi connectivity index (χ2v) is 6.62. The van der Waals surface area contributed by atoms with Crippen molar-refractivity contribution in [3.05, 3.63) is 78.1 Å². The number of benzene rings is 2. The van der Waals surface area contributed by atoms with E-state index in [-0.39, 0.29) is 11.9 Å². The summed E-state index contributed by atoms with van der Waals surface area (Å²) in [6.07, 6.45) is 3.41. The highest BCUT2D eigenvalue weighted by Crippen LogP contribution is 2.27. The summed E-state index contributed by atoms with van der Waals surface area (Å²) in [5, 5.41) is 11.5. The summed E-state index contributed by atoms with van der Waals surface area (Å²) in [6.45, 7) is 3.10. The van der Waals surface area contributed by atoms with Crippen LogP contribution in [0.3, 0.4) is 0 Å². The van der Waals surface area contributed by atoms with Gasteiger partial charge >= 0.3 is 6.03 Å². The molecule has 1 heterocycles. The zero-order valence-electron chi connectivity index (χ0n) is 17.0. The third kappa shape index (κ3) is 5.35. The molecule has 0 aliphatic carbocycles. The normalized spacial score (nSPS) is 10.2. The second kappa shape index (κ2) is 10.1. The Balaban J connectivity index is 1.67. The number of carbonyl (C=O) groups excluding carboxylic acids is 2. The lowest BCUT2D eigenvalue weighted by atomic mass is 10.0. The molecule has 0 saturated carbocycles. The smallest absolute Gasteiger partial charge is 0.319 e. The number of hydrogen-bond acceptors (Lipinski definition) is 4. The fourth-order valence-corrected chi connectivity index (χ4v) is 3.00. The summed E-state index contributed by atoms with van der Waals surface area (Å²) in [7, 11) is 1.62. The molecule has 7 nitrogen and oxygen atoms in total. The molecule has 1 aromatic heterocycles. The van der Waals surface area contributed by atoms with E-state index in [1.807, 2.05) is 61.5 Å². The van der Waals surface area contributed by atoms with Crippen molar-refractivity contribution < 1.29 is 9.59 Å². The van der Waals surface area contributed by atoms with Gasteiger partial charge in [0.1, 0.15) is 0 Å². The number of carbonyl (C=O) groups is 2. The van der Waals surface area contributed by atoms with Gasteiger partial charge in [-0.2, -0.15) is 0 Å². The third-order valence-electron chi connectivity index (χ3n) is 4.51. The number of urea groups is 1. The fraction of sp³-hybridized carbons (Fsp3) is 0.174. The molecular weight excluding hydrogens is 378 g/mol. The first-order chi connectivity index (χ1) is 14.6. The largest absolute Gasteiger partial charge is 0.385 e. The van der Waals surface area contributed by atoms with Gasteiger partial charge in [-0.05, 0) is 53.9 Å². The molecule has 0 aliphatic heterocycles. The van der Waals surface area contributed by atoms with Gasteiger partial charge in [-0.3, -0.25) is 9.78 Å². The van der Waals surface area contributed by atoms with Crippen molar-refractivity contribution in [3.63, 3.8) is 0 Å². The van der Waals surface area contributed by atoms with Crippen LogP contribution >= 0.6 is 0 Å². The molecule has 0 unspecified atom stereocenters. The summed E-state index contributed by atoms with van der Waals surface area (Å²) in [5.74, 6) is -0.130. The lowest BCUT2D eigenvalue weighted by Crippen LogP contribution is -2.28. The highest BCUT2D eigenvalue weighted by atomic mass is 16.2. The maximum atomic E-state index is 12.1. The molecule has 0 fully saturated rings. The van der Waals surface area contributed by atoms with Gasteiger partial charge in [0.2, 0.25) is 0 Å². The third-order valence-corrected chi connectivity index (χ3v) is 4.51. The average molecular weight is 403 g/mol. The Bertz CT molecular complexity index is 1000. The zero-order valence-corrected chi connectivity index (χ0v) is 17.0. The molecule has 0 radical (unpaired) electrons. The maximum absolute atomic E-state index is 12.1. The van der Waals surface area contributed by atoms with Crippen LogP contribution in [0.5, 0.6) is 0 Å². The molecule has 2 aromatic carbocycles. The molecule has 3 amide bonds. The Hall–Kier alpha value is -3.87. The second-order valence-electron chi connectivity index (χ2n) is 6.62. The van der Waals surface area contributed by atoms with E-state index in [9.17, 15) is 9.59 Å². The minimum absolute atomic E-state index is 0.130. The number of aromatic nitrogens is 1. The fourth-order valence-electron chi connectivity index (χ4n) is 3.00. The summed E-state index contributed by atoms with van der Waals surface area (Å²) < 4.78 is 0. The number of amides is 3. The first kappa shape index (κ1) is 20.9. The van der Waals surface area contributed by atoms with Crippen molar-refractivity contribution in [1.82, 2.24) is 15.6 Å². The Morgan fingerprint density at radius 3 is 2.43 bits per heavy atom. The van der Waals surface area contributed by atoms with E-state index in [4.69, 9.17) is 0 Å². The Morgan fingerprint density at radius 2 is 1.77 bits per heavy atom. The van der Waals surface area contributed by atoms with Crippen LogP contribution in [0.15, 0.2) is 67.0 Å². The first-order valence-electron chi connectivity index (χ1n) is 9.75. The minimum atomic E-state index is -0.282. The number of hydrogen-bond donors (Lipinski definition) is 4. The Kier molecular flexibility index (Phi) is 7.00. The van der Waals surface area contributed by atoms with Crippen LogP contribution in [-0.4, -0.2) is 30.5 Å². The van der Waals surface area contributed by atoms with Crippen LogP contribution in [0.1, 0.15) is 22.8 Å². The molecule has 154 valence electrons. The Labute approximate surface area is 175 Å². The predicted molar refractivity (Wildman–Crippen MR) is 120 cm³/mol. The minimum Gasteiger partial charge on any atom is -0.385 e. The van der Waals surface area contributed by atoms with Gasteiger partial charge in [0.05, 0.1) is 5.56 Å². The van der Waals surface area contributed by atoms with E-state index in [1.165, 1.54) is 0 Å². The molecule has 30 heavy (non-hydrogen) atoms. The van der Waals surface area contributed by atoms with Crippen molar-refractivity contribution in [1.29, 1.82) is 0 Å². The van der Waals surface area contributed by atoms with Gasteiger partial charge in [0.15, 0.2) is 0 Å². The monoisotopic (exact) mass is 403 g/mol. The van der Waals surface area contributed by atoms with Gasteiger partial charge in [-0.1, -0.05) is 24.3 Å². The van der Waals surface area contributed by atoms with E-state index in [0.29, 0.717) is 24.3 Å². The van der Waals surface area contributed by atoms with E-state index < -0.39 is 0 Å². The lowest BCUT2D eigenvalue weighted by Gasteiger charge is -2.13. The number of nitrogens with one attached hydrogen (secondary N) is 4. The van der Waals surface area contributed by atoms with Crippen molar-refractivity contribution in [2.75, 3.05) is 24.2 Å². The summed E-state index contributed by atoms with van der Waals surface area (Å²) >= 11 is 0. The maximum Gasteiger partial charge on any atom is 0.319 e. The molecule has 0 spiro atoms. The standard InChI is InChI=1S/C23H25N5O2/c1-3-26-21-13-18(8-11-20(21)22(29)24-2)17-6-9-19(10-7-17)28-23(30)27-15-16-5-4-12-25-14-16/h4-14,26H,3,15H2,1-2H3,(H,24,29)(H2,27,28,30). The molecule has 0 bridgehead atoms. The van der Waals surface area contributed by atoms with Gasteiger partial charge in [0.25, 0.3) is 5.91 Å². The predicted octanol–water partition coefficient (Wildman–Crippen LogP) is 3.86. The van der Waals surface area contributed by atoms with Crippen molar-refractivity contribution in [2.24, 2.45) is 0 Å². The molecule has 4 N–H and O–H groups in total. The molecule has 3 rings (SSSR count). The Morgan fingerprint density at radius 1 is 1.00 bits per heavy atom. The molecule has 0 aliphatic rings. The van der Waals surface area contributed by atoms with E-state index in [2.05, 4.69) is 26.3 Å². The van der Waals surface area contributed by atoms with Crippen LogP contribution in [0.2, 0.25) is 0 Å². The molecule has 0 saturated heterocycles. The summed E-state index contributed by atoms with van der Waals surface area (Å²) in [6, 6.07) is 16.7.